The smallest absolute Gasteiger partial charge is 0.0424 e. The van der Waals surface area contributed by atoms with Crippen molar-refractivity contribution in [2.24, 2.45) is 5.92 Å². The van der Waals surface area contributed by atoms with Crippen molar-refractivity contribution in [3.63, 3.8) is 0 Å². The van der Waals surface area contributed by atoms with Gasteiger partial charge in [-0.25, -0.2) is 0 Å². The minimum absolute atomic E-state index is 0.311. The highest BCUT2D eigenvalue weighted by Crippen LogP contribution is 2.27. The second kappa shape index (κ2) is 5.74. The van der Waals surface area contributed by atoms with Gasteiger partial charge in [0.15, 0.2) is 0 Å². The minimum atomic E-state index is 0.311. The topological polar surface area (TPSA) is 12.0 Å². The van der Waals surface area contributed by atoms with Crippen molar-refractivity contribution >= 4 is 23.2 Å². The SMILES string of the molecule is CCNC(c1cc(Cl)cc(Cl)c1)C(C)C. The highest BCUT2D eigenvalue weighted by molar-refractivity contribution is 6.34. The Balaban J connectivity index is 2.99. The number of halogens is 2. The van der Waals surface area contributed by atoms with E-state index in [-0.39, 0.29) is 0 Å². The van der Waals surface area contributed by atoms with Gasteiger partial charge in [0.1, 0.15) is 0 Å². The third-order valence-corrected chi connectivity index (χ3v) is 2.77. The Morgan fingerprint density at radius 3 is 2.07 bits per heavy atom. The van der Waals surface area contributed by atoms with Crippen LogP contribution >= 0.6 is 23.2 Å². The fraction of sp³-hybridized carbons (Fsp3) is 0.500. The molecular formula is C12H17Cl2N. The molecule has 0 aliphatic rings. The van der Waals surface area contributed by atoms with Gasteiger partial charge in [-0.15, -0.1) is 0 Å². The van der Waals surface area contributed by atoms with Crippen LogP contribution in [0.1, 0.15) is 32.4 Å². The second-order valence-electron chi connectivity index (χ2n) is 3.98. The predicted molar refractivity (Wildman–Crippen MR) is 67.7 cm³/mol. The Morgan fingerprint density at radius 2 is 1.67 bits per heavy atom. The van der Waals surface area contributed by atoms with Crippen molar-refractivity contribution in [3.05, 3.63) is 33.8 Å². The fourth-order valence-corrected chi connectivity index (χ4v) is 2.26. The normalized spacial score (nSPS) is 13.2. The molecule has 0 radical (unpaired) electrons. The first-order valence-electron chi connectivity index (χ1n) is 5.24. The first-order chi connectivity index (χ1) is 7.04. The average Bonchev–Trinajstić information content (AvgIpc) is 2.11. The summed E-state index contributed by atoms with van der Waals surface area (Å²) < 4.78 is 0. The van der Waals surface area contributed by atoms with Gasteiger partial charge < -0.3 is 5.32 Å². The third kappa shape index (κ3) is 3.67. The van der Waals surface area contributed by atoms with Crippen molar-refractivity contribution in [2.75, 3.05) is 6.54 Å². The molecule has 0 heterocycles. The molecule has 0 saturated heterocycles. The molecule has 84 valence electrons. The van der Waals surface area contributed by atoms with E-state index in [4.69, 9.17) is 23.2 Å². The Hall–Kier alpha value is -0.240. The highest BCUT2D eigenvalue weighted by Gasteiger charge is 2.15. The summed E-state index contributed by atoms with van der Waals surface area (Å²) in [5, 5.41) is 4.83. The molecule has 1 nitrogen and oxygen atoms in total. The van der Waals surface area contributed by atoms with Crippen molar-refractivity contribution in [1.29, 1.82) is 0 Å². The van der Waals surface area contributed by atoms with E-state index in [9.17, 15) is 0 Å². The quantitative estimate of drug-likeness (QED) is 0.835. The van der Waals surface area contributed by atoms with E-state index in [1.165, 1.54) is 0 Å². The molecule has 1 rings (SSSR count). The molecule has 1 N–H and O–H groups in total. The van der Waals surface area contributed by atoms with Crippen LogP contribution < -0.4 is 5.32 Å². The molecule has 0 fully saturated rings. The van der Waals surface area contributed by atoms with E-state index >= 15 is 0 Å². The van der Waals surface area contributed by atoms with Gasteiger partial charge in [0.2, 0.25) is 0 Å². The molecule has 3 heteroatoms. The first kappa shape index (κ1) is 12.8. The maximum atomic E-state index is 5.99. The summed E-state index contributed by atoms with van der Waals surface area (Å²) in [5.74, 6) is 0.513. The maximum absolute atomic E-state index is 5.99. The predicted octanol–water partition coefficient (Wildman–Crippen LogP) is 4.30. The summed E-state index contributed by atoms with van der Waals surface area (Å²) in [7, 11) is 0. The van der Waals surface area contributed by atoms with Crippen LogP contribution in [0.25, 0.3) is 0 Å². The molecule has 0 saturated carbocycles. The maximum Gasteiger partial charge on any atom is 0.0424 e. The summed E-state index contributed by atoms with van der Waals surface area (Å²) in [6.45, 7) is 7.40. The van der Waals surface area contributed by atoms with Crippen molar-refractivity contribution < 1.29 is 0 Å². The lowest BCUT2D eigenvalue weighted by atomic mass is 9.96. The first-order valence-corrected chi connectivity index (χ1v) is 5.99. The molecule has 1 unspecified atom stereocenters. The summed E-state index contributed by atoms with van der Waals surface area (Å²) in [6.07, 6.45) is 0. The van der Waals surface area contributed by atoms with Crippen LogP contribution in [-0.4, -0.2) is 6.54 Å². The molecule has 1 aromatic rings. The summed E-state index contributed by atoms with van der Waals surface area (Å²) in [4.78, 5) is 0. The zero-order valence-corrected chi connectivity index (χ0v) is 10.9. The van der Waals surface area contributed by atoms with Crippen LogP contribution in [0.15, 0.2) is 18.2 Å². The third-order valence-electron chi connectivity index (χ3n) is 2.33. The standard InChI is InChI=1S/C12H17Cl2N/c1-4-15-12(8(2)3)9-5-10(13)7-11(14)6-9/h5-8,12,15H,4H2,1-3H3. The number of hydrogen-bond donors (Lipinski definition) is 1. The summed E-state index contributed by atoms with van der Waals surface area (Å²) >= 11 is 12.0. The lowest BCUT2D eigenvalue weighted by Gasteiger charge is -2.22. The second-order valence-corrected chi connectivity index (χ2v) is 4.86. The molecule has 0 amide bonds. The van der Waals surface area contributed by atoms with Gasteiger partial charge in [-0.3, -0.25) is 0 Å². The van der Waals surface area contributed by atoms with Gasteiger partial charge >= 0.3 is 0 Å². The van der Waals surface area contributed by atoms with Gasteiger partial charge in [-0.2, -0.15) is 0 Å². The molecule has 0 bridgehead atoms. The molecule has 0 spiro atoms. The van der Waals surface area contributed by atoms with Crippen LogP contribution in [0.2, 0.25) is 10.0 Å². The largest absolute Gasteiger partial charge is 0.310 e. The van der Waals surface area contributed by atoms with Crippen molar-refractivity contribution in [1.82, 2.24) is 5.32 Å². The lowest BCUT2D eigenvalue weighted by Crippen LogP contribution is -2.25. The molecule has 15 heavy (non-hydrogen) atoms. The van der Waals surface area contributed by atoms with Crippen molar-refractivity contribution in [2.45, 2.75) is 26.8 Å². The van der Waals surface area contributed by atoms with E-state index in [0.29, 0.717) is 22.0 Å². The number of nitrogens with one attached hydrogen (secondary N) is 1. The van der Waals surface area contributed by atoms with E-state index in [1.54, 1.807) is 6.07 Å². The van der Waals surface area contributed by atoms with Crippen LogP contribution in [-0.2, 0) is 0 Å². The number of benzene rings is 1. The van der Waals surface area contributed by atoms with Gasteiger partial charge in [0, 0.05) is 16.1 Å². The number of hydrogen-bond acceptors (Lipinski definition) is 1. The van der Waals surface area contributed by atoms with Crippen LogP contribution in [0.4, 0.5) is 0 Å². The molecule has 1 atom stereocenters. The van der Waals surface area contributed by atoms with Gasteiger partial charge in [-0.1, -0.05) is 44.0 Å². The molecule has 1 aromatic carbocycles. The van der Waals surface area contributed by atoms with E-state index in [1.807, 2.05) is 12.1 Å². The van der Waals surface area contributed by atoms with Gasteiger partial charge in [-0.05, 0) is 36.2 Å². The average molecular weight is 246 g/mol. The molecule has 0 aromatic heterocycles. The summed E-state index contributed by atoms with van der Waals surface area (Å²) in [5.41, 5.74) is 1.16. The zero-order valence-electron chi connectivity index (χ0n) is 9.35. The molecule has 0 aliphatic carbocycles. The van der Waals surface area contributed by atoms with Crippen molar-refractivity contribution in [3.8, 4) is 0 Å². The minimum Gasteiger partial charge on any atom is -0.310 e. The Kier molecular flexibility index (Phi) is 4.91. The Labute approximate surface area is 102 Å². The molecule has 0 aliphatic heterocycles. The monoisotopic (exact) mass is 245 g/mol. The fourth-order valence-electron chi connectivity index (χ4n) is 1.71. The van der Waals surface area contributed by atoms with E-state index in [0.717, 1.165) is 12.1 Å². The van der Waals surface area contributed by atoms with Crippen LogP contribution in [0, 0.1) is 5.92 Å². The highest BCUT2D eigenvalue weighted by atomic mass is 35.5. The Morgan fingerprint density at radius 1 is 1.13 bits per heavy atom. The Bertz CT molecular complexity index is 303. The van der Waals surface area contributed by atoms with Crippen LogP contribution in [0.3, 0.4) is 0 Å². The number of rotatable bonds is 4. The summed E-state index contributed by atoms with van der Waals surface area (Å²) in [6, 6.07) is 6.02. The van der Waals surface area contributed by atoms with Crippen LogP contribution in [0.5, 0.6) is 0 Å². The molecular weight excluding hydrogens is 229 g/mol. The zero-order chi connectivity index (χ0) is 11.4. The van der Waals surface area contributed by atoms with Gasteiger partial charge in [0.05, 0.1) is 0 Å². The van der Waals surface area contributed by atoms with Gasteiger partial charge in [0.25, 0.3) is 0 Å². The lowest BCUT2D eigenvalue weighted by molar-refractivity contribution is 0.422. The van der Waals surface area contributed by atoms with E-state index < -0.39 is 0 Å². The van der Waals surface area contributed by atoms with E-state index in [2.05, 4.69) is 26.1 Å².